The second-order valence-corrected chi connectivity index (χ2v) is 19.5. The van der Waals surface area contributed by atoms with Crippen molar-refractivity contribution in [2.24, 2.45) is 0 Å². The minimum Gasteiger partial charge on any atom is -0.462 e. The molecule has 0 rings (SSSR count). The molecule has 1 unspecified atom stereocenters. The van der Waals surface area contributed by atoms with Gasteiger partial charge in [-0.2, -0.15) is 0 Å². The lowest BCUT2D eigenvalue weighted by Crippen LogP contribution is -2.30. The minimum absolute atomic E-state index is 0.0835. The lowest BCUT2D eigenvalue weighted by Gasteiger charge is -2.18. The van der Waals surface area contributed by atoms with E-state index in [0.717, 1.165) is 51.4 Å². The Labute approximate surface area is 412 Å². The number of carbonyl (C=O) groups excluding carboxylic acids is 2. The normalized spacial score (nSPS) is 12.5. The first-order chi connectivity index (χ1) is 32.6. The third kappa shape index (κ3) is 54.5. The molecule has 66 heavy (non-hydrogen) atoms. The predicted molar refractivity (Wildman–Crippen MR) is 288 cm³/mol. The number of hydrogen-bond donors (Lipinski definition) is 0. The summed E-state index contributed by atoms with van der Waals surface area (Å²) < 4.78 is 17.5. The fourth-order valence-corrected chi connectivity index (χ4v) is 8.45. The topological polar surface area (TPSA) is 61.8 Å². The first kappa shape index (κ1) is 63.9. The Kier molecular flexibility index (Phi) is 55.3. The molecule has 0 N–H and O–H groups in total. The Balaban J connectivity index is 4.25. The fourth-order valence-electron chi connectivity index (χ4n) is 8.45. The monoisotopic (exact) mass is 925 g/mol. The molecule has 5 nitrogen and oxygen atoms in total. The third-order valence-corrected chi connectivity index (χ3v) is 12.8. The molecule has 386 valence electrons. The average molecular weight is 926 g/mol. The summed E-state index contributed by atoms with van der Waals surface area (Å²) in [5.74, 6) is -0.395. The lowest BCUT2D eigenvalue weighted by molar-refractivity contribution is -0.163. The molecule has 0 aliphatic carbocycles. The molecule has 0 heterocycles. The molecule has 0 fully saturated rings. The molecule has 0 bridgehead atoms. The minimum atomic E-state index is -0.540. The van der Waals surface area contributed by atoms with Crippen molar-refractivity contribution < 1.29 is 23.8 Å². The van der Waals surface area contributed by atoms with Crippen LogP contribution in [0.1, 0.15) is 303 Å². The summed E-state index contributed by atoms with van der Waals surface area (Å²) in [4.78, 5) is 25.5. The van der Waals surface area contributed by atoms with E-state index in [2.05, 4.69) is 69.4 Å². The van der Waals surface area contributed by atoms with Crippen molar-refractivity contribution in [2.45, 2.75) is 309 Å². The summed E-state index contributed by atoms with van der Waals surface area (Å²) in [5, 5.41) is 0. The van der Waals surface area contributed by atoms with Gasteiger partial charge >= 0.3 is 11.9 Å². The van der Waals surface area contributed by atoms with Gasteiger partial charge in [-0.15, -0.1) is 0 Å². The first-order valence-corrected chi connectivity index (χ1v) is 29.2. The van der Waals surface area contributed by atoms with Crippen LogP contribution in [0.5, 0.6) is 0 Å². The molecule has 0 aromatic heterocycles. The molecule has 0 aromatic rings. The van der Waals surface area contributed by atoms with Crippen LogP contribution in [0.4, 0.5) is 0 Å². The Morgan fingerprint density at radius 2 is 0.636 bits per heavy atom. The van der Waals surface area contributed by atoms with Crippen molar-refractivity contribution in [2.75, 3.05) is 19.8 Å². The molecule has 0 aliphatic rings. The van der Waals surface area contributed by atoms with Gasteiger partial charge < -0.3 is 14.2 Å². The molecule has 0 radical (unpaired) electrons. The van der Waals surface area contributed by atoms with Crippen LogP contribution in [0, 0.1) is 0 Å². The van der Waals surface area contributed by atoms with Crippen molar-refractivity contribution in [3.63, 3.8) is 0 Å². The van der Waals surface area contributed by atoms with Gasteiger partial charge in [-0.1, -0.05) is 256 Å². The third-order valence-electron chi connectivity index (χ3n) is 12.8. The smallest absolute Gasteiger partial charge is 0.306 e. The van der Waals surface area contributed by atoms with Crippen LogP contribution < -0.4 is 0 Å². The number of carbonyl (C=O) groups is 2. The number of unbranched alkanes of at least 4 members (excludes halogenated alkanes) is 35. The van der Waals surface area contributed by atoms with Crippen molar-refractivity contribution in [3.05, 3.63) is 48.6 Å². The number of ether oxygens (including phenoxy) is 3. The highest BCUT2D eigenvalue weighted by Crippen LogP contribution is 2.16. The summed E-state index contributed by atoms with van der Waals surface area (Å²) in [6, 6.07) is 0. The number of allylic oxidation sites excluding steroid dienone is 8. The maximum absolute atomic E-state index is 12.9. The van der Waals surface area contributed by atoms with Crippen LogP contribution in [0.3, 0.4) is 0 Å². The van der Waals surface area contributed by atoms with Gasteiger partial charge in [0.1, 0.15) is 6.61 Å². The number of rotatable bonds is 54. The largest absolute Gasteiger partial charge is 0.462 e. The summed E-state index contributed by atoms with van der Waals surface area (Å²) in [6.45, 7) is 7.82. The van der Waals surface area contributed by atoms with Crippen molar-refractivity contribution in [3.8, 4) is 0 Å². The zero-order valence-electron chi connectivity index (χ0n) is 44.5. The number of esters is 2. The van der Waals surface area contributed by atoms with E-state index in [1.807, 2.05) is 0 Å². The van der Waals surface area contributed by atoms with Crippen LogP contribution in [0.2, 0.25) is 0 Å². The Hall–Kier alpha value is -2.14. The van der Waals surface area contributed by atoms with Crippen LogP contribution in [0.15, 0.2) is 48.6 Å². The zero-order chi connectivity index (χ0) is 47.7. The van der Waals surface area contributed by atoms with Crippen molar-refractivity contribution in [1.82, 2.24) is 0 Å². The Bertz CT molecular complexity index is 1090. The van der Waals surface area contributed by atoms with Gasteiger partial charge in [0.15, 0.2) is 6.10 Å². The average Bonchev–Trinajstić information content (AvgIpc) is 3.32. The van der Waals surface area contributed by atoms with Crippen LogP contribution in [-0.4, -0.2) is 37.9 Å². The van der Waals surface area contributed by atoms with E-state index in [0.29, 0.717) is 19.4 Å². The molecule has 1 atom stereocenters. The van der Waals surface area contributed by atoms with E-state index in [1.54, 1.807) is 0 Å². The van der Waals surface area contributed by atoms with E-state index in [9.17, 15) is 9.59 Å². The van der Waals surface area contributed by atoms with Gasteiger partial charge in [0.25, 0.3) is 0 Å². The molecule has 0 saturated carbocycles. The molecular weight excluding hydrogens is 813 g/mol. The van der Waals surface area contributed by atoms with E-state index in [1.165, 1.54) is 218 Å². The standard InChI is InChI=1S/C61H112O5/c1-4-7-10-13-16-19-22-25-28-30-31-33-34-36-39-42-45-48-51-54-60(62)65-58-59(57-64-56-53-50-47-44-41-38-27-24-21-18-15-12-9-6-3)66-61(63)55-52-49-46-43-40-37-35-32-29-26-23-20-17-14-11-8-5-2/h16-17,19-20,25-26,28-29,59H,4-15,18,21-24,27,30-58H2,1-3H3/b19-16-,20-17-,28-25-,29-26-. The highest BCUT2D eigenvalue weighted by atomic mass is 16.6. The Morgan fingerprint density at radius 3 is 1.03 bits per heavy atom. The first-order valence-electron chi connectivity index (χ1n) is 29.2. The molecular formula is C61H112O5. The van der Waals surface area contributed by atoms with Crippen LogP contribution in [-0.2, 0) is 23.8 Å². The SMILES string of the molecule is CCCCC/C=C\C/C=C\CCCCCCCCCCCC(=O)OCC(COCCCCCCCCCCCCCCCC)OC(=O)CCCCCCCCC/C=C\C/C=C\CCCCC. The molecule has 0 saturated heterocycles. The Morgan fingerprint density at radius 1 is 0.333 bits per heavy atom. The lowest BCUT2D eigenvalue weighted by atomic mass is 10.0. The maximum Gasteiger partial charge on any atom is 0.306 e. The molecule has 0 spiro atoms. The fraction of sp³-hybridized carbons (Fsp3) is 0.836. The van der Waals surface area contributed by atoms with Gasteiger partial charge in [-0.25, -0.2) is 0 Å². The molecule has 0 aliphatic heterocycles. The van der Waals surface area contributed by atoms with E-state index < -0.39 is 6.10 Å². The van der Waals surface area contributed by atoms with Gasteiger partial charge in [0.05, 0.1) is 6.61 Å². The molecule has 0 amide bonds. The summed E-state index contributed by atoms with van der Waals surface area (Å²) in [6.07, 6.45) is 71.2. The quantitative estimate of drug-likeness (QED) is 0.0345. The van der Waals surface area contributed by atoms with Crippen LogP contribution >= 0.6 is 0 Å². The van der Waals surface area contributed by atoms with Crippen molar-refractivity contribution >= 4 is 11.9 Å². The zero-order valence-corrected chi connectivity index (χ0v) is 44.5. The van der Waals surface area contributed by atoms with Gasteiger partial charge in [0.2, 0.25) is 0 Å². The second-order valence-electron chi connectivity index (χ2n) is 19.5. The van der Waals surface area contributed by atoms with Gasteiger partial charge in [0, 0.05) is 19.4 Å². The second kappa shape index (κ2) is 57.2. The summed E-state index contributed by atoms with van der Waals surface area (Å²) in [7, 11) is 0. The van der Waals surface area contributed by atoms with Gasteiger partial charge in [-0.05, 0) is 83.5 Å². The number of hydrogen-bond acceptors (Lipinski definition) is 5. The highest BCUT2D eigenvalue weighted by molar-refractivity contribution is 5.70. The predicted octanol–water partition coefficient (Wildman–Crippen LogP) is 19.9. The molecule has 5 heteroatoms. The van der Waals surface area contributed by atoms with Crippen LogP contribution in [0.25, 0.3) is 0 Å². The van der Waals surface area contributed by atoms with Gasteiger partial charge in [-0.3, -0.25) is 9.59 Å². The van der Waals surface area contributed by atoms with E-state index in [4.69, 9.17) is 14.2 Å². The van der Waals surface area contributed by atoms with Crippen molar-refractivity contribution in [1.29, 1.82) is 0 Å². The summed E-state index contributed by atoms with van der Waals surface area (Å²) >= 11 is 0. The molecule has 0 aromatic carbocycles. The maximum atomic E-state index is 12.9. The van der Waals surface area contributed by atoms with E-state index >= 15 is 0 Å². The van der Waals surface area contributed by atoms with E-state index in [-0.39, 0.29) is 25.2 Å². The summed E-state index contributed by atoms with van der Waals surface area (Å²) in [5.41, 5.74) is 0. The highest BCUT2D eigenvalue weighted by Gasteiger charge is 2.17.